The topological polar surface area (TPSA) is 12.0 Å². The van der Waals surface area contributed by atoms with Gasteiger partial charge < -0.3 is 5.32 Å². The summed E-state index contributed by atoms with van der Waals surface area (Å²) in [5.74, 6) is 0.849. The van der Waals surface area contributed by atoms with Crippen LogP contribution >= 0.6 is 11.6 Å². The molecule has 1 aliphatic carbocycles. The van der Waals surface area contributed by atoms with E-state index in [2.05, 4.69) is 31.3 Å². The summed E-state index contributed by atoms with van der Waals surface area (Å²) in [4.78, 5) is 0. The number of halogens is 1. The van der Waals surface area contributed by atoms with Crippen molar-refractivity contribution >= 4 is 11.6 Å². The molecule has 0 bridgehead atoms. The summed E-state index contributed by atoms with van der Waals surface area (Å²) in [5, 5.41) is 4.66. The van der Waals surface area contributed by atoms with Crippen LogP contribution in [0, 0.1) is 5.92 Å². The summed E-state index contributed by atoms with van der Waals surface area (Å²) in [5.41, 5.74) is 1.32. The lowest BCUT2D eigenvalue weighted by Crippen LogP contribution is -2.37. The van der Waals surface area contributed by atoms with E-state index in [-0.39, 0.29) is 0 Å². The van der Waals surface area contributed by atoms with Crippen LogP contribution in [-0.2, 0) is 0 Å². The van der Waals surface area contributed by atoms with Crippen LogP contribution in [-0.4, -0.2) is 6.04 Å². The van der Waals surface area contributed by atoms with E-state index in [1.807, 2.05) is 12.1 Å². The van der Waals surface area contributed by atoms with Gasteiger partial charge >= 0.3 is 0 Å². The van der Waals surface area contributed by atoms with Crippen molar-refractivity contribution in [2.75, 3.05) is 0 Å². The van der Waals surface area contributed by atoms with E-state index < -0.39 is 0 Å². The lowest BCUT2D eigenvalue weighted by molar-refractivity contribution is 0.262. The Kier molecular flexibility index (Phi) is 5.72. The lowest BCUT2D eigenvalue weighted by Gasteiger charge is -2.31. The van der Waals surface area contributed by atoms with Crippen LogP contribution in [0.4, 0.5) is 0 Å². The van der Waals surface area contributed by atoms with Gasteiger partial charge in [0.05, 0.1) is 0 Å². The van der Waals surface area contributed by atoms with E-state index in [1.54, 1.807) is 0 Å². The Morgan fingerprint density at radius 3 is 2.63 bits per heavy atom. The van der Waals surface area contributed by atoms with Crippen molar-refractivity contribution in [2.45, 2.75) is 64.5 Å². The van der Waals surface area contributed by atoms with Crippen LogP contribution in [0.5, 0.6) is 0 Å². The molecule has 1 aliphatic rings. The molecule has 1 aromatic carbocycles. The van der Waals surface area contributed by atoms with Crippen molar-refractivity contribution in [3.63, 3.8) is 0 Å². The monoisotopic (exact) mass is 279 g/mol. The molecule has 1 saturated carbocycles. The van der Waals surface area contributed by atoms with Crippen LogP contribution in [0.2, 0.25) is 5.02 Å². The van der Waals surface area contributed by atoms with Gasteiger partial charge in [-0.2, -0.15) is 0 Å². The van der Waals surface area contributed by atoms with Crippen LogP contribution < -0.4 is 5.32 Å². The lowest BCUT2D eigenvalue weighted by atomic mass is 9.84. The molecule has 0 aromatic heterocycles. The Bertz CT molecular complexity index is 385. The predicted molar refractivity (Wildman–Crippen MR) is 83.7 cm³/mol. The molecule has 0 aliphatic heterocycles. The normalized spacial score (nSPS) is 20.2. The number of rotatable bonds is 5. The van der Waals surface area contributed by atoms with Crippen molar-refractivity contribution in [1.82, 2.24) is 5.32 Å². The van der Waals surface area contributed by atoms with Crippen LogP contribution in [0.3, 0.4) is 0 Å². The van der Waals surface area contributed by atoms with Gasteiger partial charge in [-0.25, -0.2) is 0 Å². The van der Waals surface area contributed by atoms with Gasteiger partial charge in [-0.1, -0.05) is 49.9 Å². The van der Waals surface area contributed by atoms with Gasteiger partial charge in [0, 0.05) is 17.1 Å². The Morgan fingerprint density at radius 1 is 1.26 bits per heavy atom. The summed E-state index contributed by atoms with van der Waals surface area (Å²) in [6, 6.07) is 9.30. The van der Waals surface area contributed by atoms with Crippen molar-refractivity contribution in [2.24, 2.45) is 5.92 Å². The minimum Gasteiger partial charge on any atom is -0.307 e. The molecule has 106 valence electrons. The summed E-state index contributed by atoms with van der Waals surface area (Å²) in [6.07, 6.45) is 8.13. The van der Waals surface area contributed by atoms with Crippen molar-refractivity contribution in [1.29, 1.82) is 0 Å². The Hall–Kier alpha value is -0.530. The molecule has 1 nitrogen and oxygen atoms in total. The molecule has 0 saturated heterocycles. The first-order valence-corrected chi connectivity index (χ1v) is 8.10. The first-order valence-electron chi connectivity index (χ1n) is 7.72. The highest BCUT2D eigenvalue weighted by Crippen LogP contribution is 2.28. The first-order chi connectivity index (χ1) is 9.20. The second-order valence-corrected chi connectivity index (χ2v) is 6.31. The van der Waals surface area contributed by atoms with Crippen LogP contribution in [0.1, 0.15) is 64.0 Å². The molecule has 0 heterocycles. The molecule has 2 rings (SSSR count). The fourth-order valence-electron chi connectivity index (χ4n) is 3.26. The predicted octanol–water partition coefficient (Wildman–Crippen LogP) is 5.35. The van der Waals surface area contributed by atoms with Gasteiger partial charge in [-0.05, 0) is 49.8 Å². The molecule has 0 radical (unpaired) electrons. The van der Waals surface area contributed by atoms with E-state index in [9.17, 15) is 0 Å². The fourth-order valence-corrected chi connectivity index (χ4v) is 3.46. The van der Waals surface area contributed by atoms with Gasteiger partial charge in [0.2, 0.25) is 0 Å². The zero-order chi connectivity index (χ0) is 13.7. The van der Waals surface area contributed by atoms with E-state index in [4.69, 9.17) is 11.6 Å². The second kappa shape index (κ2) is 7.31. The Morgan fingerprint density at radius 2 is 2.00 bits per heavy atom. The SMILES string of the molecule is CCC(N[C@H](C)C1CCCCC1)c1cccc(Cl)c1. The first kappa shape index (κ1) is 14.9. The molecule has 2 heteroatoms. The number of hydrogen-bond donors (Lipinski definition) is 1. The molecule has 1 aromatic rings. The summed E-state index contributed by atoms with van der Waals surface area (Å²) in [6.45, 7) is 4.59. The average Bonchev–Trinajstić information content (AvgIpc) is 2.45. The molecule has 19 heavy (non-hydrogen) atoms. The third-order valence-electron chi connectivity index (χ3n) is 4.48. The molecular weight excluding hydrogens is 254 g/mol. The highest BCUT2D eigenvalue weighted by Gasteiger charge is 2.22. The van der Waals surface area contributed by atoms with Crippen molar-refractivity contribution < 1.29 is 0 Å². The third-order valence-corrected chi connectivity index (χ3v) is 4.72. The van der Waals surface area contributed by atoms with Gasteiger partial charge in [0.1, 0.15) is 0 Å². The van der Waals surface area contributed by atoms with Crippen molar-refractivity contribution in [3.05, 3.63) is 34.9 Å². The smallest absolute Gasteiger partial charge is 0.0409 e. The molecule has 2 atom stereocenters. The average molecular weight is 280 g/mol. The number of benzene rings is 1. The minimum atomic E-state index is 0.427. The third kappa shape index (κ3) is 4.22. The van der Waals surface area contributed by atoms with Gasteiger partial charge in [-0.15, -0.1) is 0 Å². The Balaban J connectivity index is 1.98. The molecule has 0 amide bonds. The summed E-state index contributed by atoms with van der Waals surface area (Å²) < 4.78 is 0. The van der Waals surface area contributed by atoms with E-state index in [0.29, 0.717) is 12.1 Å². The van der Waals surface area contributed by atoms with Gasteiger partial charge in [0.25, 0.3) is 0 Å². The second-order valence-electron chi connectivity index (χ2n) is 5.87. The maximum absolute atomic E-state index is 6.10. The largest absolute Gasteiger partial charge is 0.307 e. The molecule has 1 N–H and O–H groups in total. The number of nitrogens with one attached hydrogen (secondary N) is 1. The van der Waals surface area contributed by atoms with E-state index >= 15 is 0 Å². The maximum Gasteiger partial charge on any atom is 0.0409 e. The quantitative estimate of drug-likeness (QED) is 0.766. The number of hydrogen-bond acceptors (Lipinski definition) is 1. The molecule has 1 fully saturated rings. The summed E-state index contributed by atoms with van der Waals surface area (Å²) in [7, 11) is 0. The highest BCUT2D eigenvalue weighted by molar-refractivity contribution is 6.30. The van der Waals surface area contributed by atoms with E-state index in [1.165, 1.54) is 37.7 Å². The fraction of sp³-hybridized carbons (Fsp3) is 0.647. The highest BCUT2D eigenvalue weighted by atomic mass is 35.5. The minimum absolute atomic E-state index is 0.427. The standard InChI is InChI=1S/C17H26ClN/c1-3-17(15-10-7-11-16(18)12-15)19-13(2)14-8-5-4-6-9-14/h7,10-14,17,19H,3-6,8-9H2,1-2H3/t13-,17?/m1/s1. The van der Waals surface area contributed by atoms with E-state index in [0.717, 1.165) is 17.4 Å². The van der Waals surface area contributed by atoms with Gasteiger partial charge in [0.15, 0.2) is 0 Å². The van der Waals surface area contributed by atoms with Crippen molar-refractivity contribution in [3.8, 4) is 0 Å². The maximum atomic E-state index is 6.10. The molecule has 0 spiro atoms. The zero-order valence-electron chi connectivity index (χ0n) is 12.2. The Labute approximate surface area is 122 Å². The molecule has 1 unspecified atom stereocenters. The summed E-state index contributed by atoms with van der Waals surface area (Å²) >= 11 is 6.10. The zero-order valence-corrected chi connectivity index (χ0v) is 12.9. The van der Waals surface area contributed by atoms with Gasteiger partial charge in [-0.3, -0.25) is 0 Å². The van der Waals surface area contributed by atoms with Crippen LogP contribution in [0.25, 0.3) is 0 Å². The van der Waals surface area contributed by atoms with Crippen LogP contribution in [0.15, 0.2) is 24.3 Å². The molecular formula is C17H26ClN.